The molecule has 2 N–H and O–H groups in total. The summed E-state index contributed by atoms with van der Waals surface area (Å²) in [5.74, 6) is 6.21. The number of carbonyl (C=O) groups is 1. The van der Waals surface area contributed by atoms with Gasteiger partial charge in [0.2, 0.25) is 0 Å². The van der Waals surface area contributed by atoms with Gasteiger partial charge in [-0.3, -0.25) is 4.79 Å². The molecular formula is C21H24ClNO2. The quantitative estimate of drug-likeness (QED) is 0.740. The molecule has 1 aromatic carbocycles. The minimum absolute atomic E-state index is 0. The number of aliphatic hydroxyl groups is 1. The summed E-state index contributed by atoms with van der Waals surface area (Å²) in [7, 11) is 0. The van der Waals surface area contributed by atoms with Gasteiger partial charge in [0.25, 0.3) is 0 Å². The fourth-order valence-corrected chi connectivity index (χ4v) is 3.93. The third-order valence-electron chi connectivity index (χ3n) is 4.97. The summed E-state index contributed by atoms with van der Waals surface area (Å²) in [4.78, 5) is 12.9. The highest BCUT2D eigenvalue weighted by atomic mass is 35.5. The number of benzene rings is 1. The largest absolute Gasteiger partial charge is 0.512 e. The van der Waals surface area contributed by atoms with E-state index in [0.29, 0.717) is 18.4 Å². The Labute approximate surface area is 155 Å². The first-order valence-electron chi connectivity index (χ1n) is 8.36. The van der Waals surface area contributed by atoms with Gasteiger partial charge in [-0.25, -0.2) is 0 Å². The average Bonchev–Trinajstić information content (AvgIpc) is 2.50. The lowest BCUT2D eigenvalue weighted by molar-refractivity contribution is -0.116. The van der Waals surface area contributed by atoms with Gasteiger partial charge in [-0.15, -0.1) is 18.3 Å². The predicted octanol–water partition coefficient (Wildman–Crippen LogP) is 4.22. The van der Waals surface area contributed by atoms with Gasteiger partial charge < -0.3 is 10.4 Å². The summed E-state index contributed by atoms with van der Waals surface area (Å²) in [5, 5.41) is 13.9. The topological polar surface area (TPSA) is 49.3 Å². The lowest BCUT2D eigenvalue weighted by Crippen LogP contribution is -2.34. The molecule has 4 heteroatoms. The van der Waals surface area contributed by atoms with E-state index in [4.69, 9.17) is 0 Å². The van der Waals surface area contributed by atoms with Gasteiger partial charge in [0.15, 0.2) is 5.78 Å². The zero-order chi connectivity index (χ0) is 17.3. The Hall–Kier alpha value is -2.18. The number of hydrogen-bond donors (Lipinski definition) is 2. The second-order valence-electron chi connectivity index (χ2n) is 6.86. The maximum Gasteiger partial charge on any atom is 0.167 e. The number of ketones is 1. The lowest BCUT2D eigenvalue weighted by atomic mass is 9.69. The van der Waals surface area contributed by atoms with Crippen molar-refractivity contribution in [1.82, 2.24) is 5.32 Å². The summed E-state index contributed by atoms with van der Waals surface area (Å²) in [6, 6.07) is 3.97. The number of halogens is 1. The summed E-state index contributed by atoms with van der Waals surface area (Å²) < 4.78 is 0. The minimum atomic E-state index is -0.231. The molecular weight excluding hydrogens is 334 g/mol. The standard InChI is InChI=1S/C21H23NO2.ClH/c1-4-5-16-10-14(2)19(15(3)11-16)20-17(23)12-21(13-18(20)24)6-8-22-9-7-21;/h6,8,10-11,22-23H,7,9,12-13H2,1-3H3;1H. The van der Waals surface area contributed by atoms with Crippen LogP contribution in [0, 0.1) is 31.1 Å². The summed E-state index contributed by atoms with van der Waals surface area (Å²) >= 11 is 0. The molecule has 25 heavy (non-hydrogen) atoms. The van der Waals surface area contributed by atoms with E-state index in [2.05, 4.69) is 17.2 Å². The number of aliphatic hydroxyl groups excluding tert-OH is 1. The van der Waals surface area contributed by atoms with Crippen LogP contribution in [0.1, 0.15) is 48.4 Å². The molecule has 0 saturated carbocycles. The van der Waals surface area contributed by atoms with Crippen LogP contribution in [0.3, 0.4) is 0 Å². The highest BCUT2D eigenvalue weighted by Gasteiger charge is 2.40. The molecule has 2 aliphatic rings. The number of hydrogen-bond acceptors (Lipinski definition) is 3. The van der Waals surface area contributed by atoms with Crippen molar-refractivity contribution in [2.24, 2.45) is 5.41 Å². The number of allylic oxidation sites excluding steroid dienone is 3. The predicted molar refractivity (Wildman–Crippen MR) is 104 cm³/mol. The van der Waals surface area contributed by atoms with Gasteiger partial charge in [0.05, 0.1) is 5.57 Å². The van der Waals surface area contributed by atoms with Crippen LogP contribution in [-0.2, 0) is 4.79 Å². The molecule has 3 nitrogen and oxygen atoms in total. The Morgan fingerprint density at radius 3 is 2.40 bits per heavy atom. The Kier molecular flexibility index (Phi) is 5.65. The Morgan fingerprint density at radius 1 is 1.20 bits per heavy atom. The SMILES string of the molecule is CC#Cc1cc(C)c(C2=C(O)CC3(C=CNCC3)CC2=O)c(C)c1.Cl. The molecule has 0 radical (unpaired) electrons. The first kappa shape index (κ1) is 19.1. The van der Waals surface area contributed by atoms with Gasteiger partial charge in [0.1, 0.15) is 5.76 Å². The zero-order valence-corrected chi connectivity index (χ0v) is 15.7. The first-order valence-corrected chi connectivity index (χ1v) is 8.36. The Morgan fingerprint density at radius 2 is 1.88 bits per heavy atom. The van der Waals surface area contributed by atoms with E-state index in [0.717, 1.165) is 35.2 Å². The van der Waals surface area contributed by atoms with Crippen molar-refractivity contribution in [3.63, 3.8) is 0 Å². The van der Waals surface area contributed by atoms with Gasteiger partial charge in [0, 0.05) is 30.4 Å². The molecule has 0 aromatic heterocycles. The van der Waals surface area contributed by atoms with Crippen LogP contribution in [0.15, 0.2) is 30.2 Å². The van der Waals surface area contributed by atoms with E-state index in [1.54, 1.807) is 0 Å². The molecule has 1 aliphatic heterocycles. The van der Waals surface area contributed by atoms with Gasteiger partial charge >= 0.3 is 0 Å². The Bertz CT molecular complexity index is 803. The second-order valence-corrected chi connectivity index (χ2v) is 6.86. The van der Waals surface area contributed by atoms with Crippen molar-refractivity contribution >= 4 is 23.8 Å². The molecule has 1 aliphatic carbocycles. The highest BCUT2D eigenvalue weighted by molar-refractivity contribution is 6.23. The second kappa shape index (κ2) is 7.37. The molecule has 1 heterocycles. The van der Waals surface area contributed by atoms with Crippen LogP contribution in [0.4, 0.5) is 0 Å². The normalized spacial score (nSPS) is 22.1. The van der Waals surface area contributed by atoms with Crippen LogP contribution in [-0.4, -0.2) is 17.4 Å². The fourth-order valence-electron chi connectivity index (χ4n) is 3.93. The molecule has 0 fully saturated rings. The van der Waals surface area contributed by atoms with Gasteiger partial charge in [-0.05, 0) is 62.2 Å². The van der Waals surface area contributed by atoms with Crippen molar-refractivity contribution < 1.29 is 9.90 Å². The lowest BCUT2D eigenvalue weighted by Gasteiger charge is -2.37. The number of nitrogens with one attached hydrogen (secondary N) is 1. The van der Waals surface area contributed by atoms with E-state index < -0.39 is 0 Å². The van der Waals surface area contributed by atoms with Crippen molar-refractivity contribution in [2.75, 3.05) is 6.54 Å². The maximum atomic E-state index is 12.9. The summed E-state index contributed by atoms with van der Waals surface area (Å²) in [5.41, 5.74) is 4.05. The number of aryl methyl sites for hydroxylation is 2. The molecule has 1 atom stereocenters. The van der Waals surface area contributed by atoms with E-state index in [1.807, 2.05) is 45.2 Å². The van der Waals surface area contributed by atoms with Gasteiger partial charge in [-0.2, -0.15) is 0 Å². The van der Waals surface area contributed by atoms with Crippen LogP contribution < -0.4 is 5.32 Å². The Balaban J connectivity index is 0.00000225. The zero-order valence-electron chi connectivity index (χ0n) is 14.9. The molecule has 3 rings (SSSR count). The van der Waals surface area contributed by atoms with Crippen molar-refractivity contribution in [1.29, 1.82) is 0 Å². The van der Waals surface area contributed by atoms with Crippen molar-refractivity contribution in [2.45, 2.75) is 40.0 Å². The third kappa shape index (κ3) is 3.60. The highest BCUT2D eigenvalue weighted by Crippen LogP contribution is 2.45. The molecule has 1 unspecified atom stereocenters. The van der Waals surface area contributed by atoms with Crippen LogP contribution in [0.25, 0.3) is 5.57 Å². The fraction of sp³-hybridized carbons (Fsp3) is 0.381. The third-order valence-corrected chi connectivity index (χ3v) is 4.97. The molecule has 0 saturated heterocycles. The summed E-state index contributed by atoms with van der Waals surface area (Å²) in [6.45, 7) is 6.61. The smallest absolute Gasteiger partial charge is 0.167 e. The van der Waals surface area contributed by atoms with Crippen molar-refractivity contribution in [3.8, 4) is 11.8 Å². The van der Waals surface area contributed by atoms with Crippen LogP contribution >= 0.6 is 12.4 Å². The first-order chi connectivity index (χ1) is 11.5. The average molecular weight is 358 g/mol. The molecule has 0 amide bonds. The number of rotatable bonds is 1. The molecule has 1 aromatic rings. The van der Waals surface area contributed by atoms with Gasteiger partial charge in [-0.1, -0.05) is 12.0 Å². The van der Waals surface area contributed by atoms with E-state index in [9.17, 15) is 9.90 Å². The monoisotopic (exact) mass is 357 g/mol. The number of Topliss-reactive ketones (excluding diaryl/α,β-unsaturated/α-hetero) is 1. The number of carbonyl (C=O) groups excluding carboxylic acids is 1. The van der Waals surface area contributed by atoms with Crippen molar-refractivity contribution in [3.05, 3.63) is 52.4 Å². The van der Waals surface area contributed by atoms with Crippen LogP contribution in [0.5, 0.6) is 0 Å². The molecule has 132 valence electrons. The van der Waals surface area contributed by atoms with E-state index in [1.165, 1.54) is 0 Å². The van der Waals surface area contributed by atoms with E-state index in [-0.39, 0.29) is 29.4 Å². The minimum Gasteiger partial charge on any atom is -0.512 e. The molecule has 0 bridgehead atoms. The van der Waals surface area contributed by atoms with E-state index >= 15 is 0 Å². The molecule has 1 spiro atoms. The maximum absolute atomic E-state index is 12.9. The van der Waals surface area contributed by atoms with Crippen LogP contribution in [0.2, 0.25) is 0 Å². The summed E-state index contributed by atoms with van der Waals surface area (Å²) in [6.07, 6.45) is 5.81.